The lowest BCUT2D eigenvalue weighted by molar-refractivity contribution is 0.415. The first-order chi connectivity index (χ1) is 10.2. The first-order valence-corrected chi connectivity index (χ1v) is 7.78. The minimum Gasteiger partial charge on any atom is -0.495 e. The predicted octanol–water partition coefficient (Wildman–Crippen LogP) is 4.92. The lowest BCUT2D eigenvalue weighted by Gasteiger charge is -2.10. The second-order valence-electron chi connectivity index (χ2n) is 5.31. The van der Waals surface area contributed by atoms with E-state index in [1.807, 2.05) is 24.3 Å². The predicted molar refractivity (Wildman–Crippen MR) is 88.3 cm³/mol. The Bertz CT molecular complexity index is 653. The molecule has 2 nitrogen and oxygen atoms in total. The highest BCUT2D eigenvalue weighted by molar-refractivity contribution is 6.32. The molecule has 0 radical (unpaired) electrons. The van der Waals surface area contributed by atoms with Crippen molar-refractivity contribution in [1.82, 2.24) is 5.32 Å². The van der Waals surface area contributed by atoms with Crippen LogP contribution < -0.4 is 10.1 Å². The molecule has 0 aliphatic heterocycles. The molecule has 0 saturated heterocycles. The van der Waals surface area contributed by atoms with Gasteiger partial charge in [0, 0.05) is 17.6 Å². The van der Waals surface area contributed by atoms with Gasteiger partial charge in [0.1, 0.15) is 5.75 Å². The van der Waals surface area contributed by atoms with Crippen molar-refractivity contribution < 1.29 is 4.74 Å². The summed E-state index contributed by atoms with van der Waals surface area (Å²) in [6.07, 6.45) is 2.56. The van der Waals surface area contributed by atoms with Crippen LogP contribution in [0.15, 0.2) is 36.4 Å². The van der Waals surface area contributed by atoms with Gasteiger partial charge in [-0.3, -0.25) is 0 Å². The third-order valence-corrected chi connectivity index (χ3v) is 4.36. The average Bonchev–Trinajstić information content (AvgIpc) is 3.31. The molecule has 0 heterocycles. The number of nitrogens with one attached hydrogen (secondary N) is 1. The molecule has 4 heteroatoms. The summed E-state index contributed by atoms with van der Waals surface area (Å²) in [4.78, 5) is 0. The Hall–Kier alpha value is -1.22. The summed E-state index contributed by atoms with van der Waals surface area (Å²) in [7, 11) is 1.62. The molecule has 0 atom stereocenters. The van der Waals surface area contributed by atoms with Crippen molar-refractivity contribution in [2.24, 2.45) is 0 Å². The van der Waals surface area contributed by atoms with Crippen LogP contribution in [0, 0.1) is 0 Å². The van der Waals surface area contributed by atoms with Gasteiger partial charge in [-0.05, 0) is 47.7 Å². The van der Waals surface area contributed by atoms with Gasteiger partial charge in [0.25, 0.3) is 0 Å². The van der Waals surface area contributed by atoms with Gasteiger partial charge in [-0.25, -0.2) is 0 Å². The normalized spacial score (nSPS) is 14.2. The summed E-state index contributed by atoms with van der Waals surface area (Å²) in [5, 5.41) is 4.87. The second-order valence-corrected chi connectivity index (χ2v) is 6.13. The van der Waals surface area contributed by atoms with E-state index < -0.39 is 0 Å². The van der Waals surface area contributed by atoms with Crippen LogP contribution in [0.1, 0.15) is 18.4 Å². The van der Waals surface area contributed by atoms with Crippen LogP contribution >= 0.6 is 23.2 Å². The fraction of sp³-hybridized carbons (Fsp3) is 0.294. The Kier molecular flexibility index (Phi) is 4.39. The fourth-order valence-corrected chi connectivity index (χ4v) is 2.69. The molecule has 1 aliphatic rings. The fourth-order valence-electron chi connectivity index (χ4n) is 2.25. The standard InChI is InChI=1S/C17H17Cl2NO/c1-21-17-9-12(4-7-15(17)18)11-2-3-13(16(19)8-11)10-20-14-5-6-14/h2-4,7-9,14,20H,5-6,10H2,1H3. The van der Waals surface area contributed by atoms with Gasteiger partial charge < -0.3 is 10.1 Å². The van der Waals surface area contributed by atoms with Gasteiger partial charge in [0.15, 0.2) is 0 Å². The highest BCUT2D eigenvalue weighted by Crippen LogP contribution is 2.32. The van der Waals surface area contributed by atoms with Gasteiger partial charge >= 0.3 is 0 Å². The summed E-state index contributed by atoms with van der Waals surface area (Å²) in [6.45, 7) is 0.827. The highest BCUT2D eigenvalue weighted by atomic mass is 35.5. The van der Waals surface area contributed by atoms with Gasteiger partial charge in [-0.15, -0.1) is 0 Å². The molecule has 2 aromatic carbocycles. The molecule has 1 N–H and O–H groups in total. The van der Waals surface area contributed by atoms with Gasteiger partial charge in [0.2, 0.25) is 0 Å². The van der Waals surface area contributed by atoms with Crippen LogP contribution in [0.4, 0.5) is 0 Å². The molecule has 2 aromatic rings. The first-order valence-electron chi connectivity index (χ1n) is 7.03. The number of hydrogen-bond acceptors (Lipinski definition) is 2. The monoisotopic (exact) mass is 321 g/mol. The van der Waals surface area contributed by atoms with Gasteiger partial charge in [-0.2, -0.15) is 0 Å². The molecule has 1 saturated carbocycles. The van der Waals surface area contributed by atoms with Gasteiger partial charge in [0.05, 0.1) is 12.1 Å². The van der Waals surface area contributed by atoms with Crippen molar-refractivity contribution in [3.63, 3.8) is 0 Å². The Morgan fingerprint density at radius 3 is 2.43 bits per heavy atom. The average molecular weight is 322 g/mol. The molecule has 110 valence electrons. The molecule has 0 amide bonds. The lowest BCUT2D eigenvalue weighted by atomic mass is 10.0. The van der Waals surface area contributed by atoms with E-state index in [1.165, 1.54) is 12.8 Å². The van der Waals surface area contributed by atoms with E-state index in [1.54, 1.807) is 7.11 Å². The number of ether oxygens (including phenoxy) is 1. The van der Waals surface area contributed by atoms with E-state index in [9.17, 15) is 0 Å². The summed E-state index contributed by atoms with van der Waals surface area (Å²) >= 11 is 12.4. The number of benzene rings is 2. The number of hydrogen-bond donors (Lipinski definition) is 1. The Labute approximate surface area is 135 Å². The number of halogens is 2. The van der Waals surface area contributed by atoms with E-state index in [2.05, 4.69) is 17.4 Å². The van der Waals surface area contributed by atoms with Crippen LogP contribution in [0.2, 0.25) is 10.0 Å². The quantitative estimate of drug-likeness (QED) is 0.843. The molecule has 3 rings (SSSR count). The molecule has 1 aliphatic carbocycles. The topological polar surface area (TPSA) is 21.3 Å². The Balaban J connectivity index is 1.83. The largest absolute Gasteiger partial charge is 0.495 e. The molecule has 0 unspecified atom stereocenters. The zero-order chi connectivity index (χ0) is 14.8. The lowest BCUT2D eigenvalue weighted by Crippen LogP contribution is -2.15. The summed E-state index contributed by atoms with van der Waals surface area (Å²) in [6, 6.07) is 12.6. The van der Waals surface area contributed by atoms with E-state index in [0.717, 1.165) is 28.3 Å². The molecular weight excluding hydrogens is 305 g/mol. The summed E-state index contributed by atoms with van der Waals surface area (Å²) in [5.74, 6) is 0.671. The van der Waals surface area contributed by atoms with E-state index >= 15 is 0 Å². The highest BCUT2D eigenvalue weighted by Gasteiger charge is 2.20. The van der Waals surface area contributed by atoms with Crippen molar-refractivity contribution in [2.75, 3.05) is 7.11 Å². The zero-order valence-corrected chi connectivity index (χ0v) is 13.3. The minimum atomic E-state index is 0.609. The third kappa shape index (κ3) is 3.52. The summed E-state index contributed by atoms with van der Waals surface area (Å²) < 4.78 is 5.26. The van der Waals surface area contributed by atoms with Crippen molar-refractivity contribution >= 4 is 23.2 Å². The first kappa shape index (κ1) is 14.7. The van der Waals surface area contributed by atoms with Crippen molar-refractivity contribution in [1.29, 1.82) is 0 Å². The maximum atomic E-state index is 6.39. The molecule has 1 fully saturated rings. The SMILES string of the molecule is COc1cc(-c2ccc(CNC3CC3)c(Cl)c2)ccc1Cl. The van der Waals surface area contributed by atoms with Crippen LogP contribution in [-0.2, 0) is 6.54 Å². The van der Waals surface area contributed by atoms with E-state index in [4.69, 9.17) is 27.9 Å². The maximum Gasteiger partial charge on any atom is 0.138 e. The molecule has 0 bridgehead atoms. The van der Waals surface area contributed by atoms with Crippen molar-refractivity contribution in [3.8, 4) is 16.9 Å². The van der Waals surface area contributed by atoms with Crippen molar-refractivity contribution in [2.45, 2.75) is 25.4 Å². The Morgan fingerprint density at radius 1 is 1.05 bits per heavy atom. The summed E-state index contributed by atoms with van der Waals surface area (Å²) in [5.41, 5.74) is 3.23. The zero-order valence-electron chi connectivity index (χ0n) is 11.8. The smallest absolute Gasteiger partial charge is 0.138 e. The van der Waals surface area contributed by atoms with Crippen LogP contribution in [0.25, 0.3) is 11.1 Å². The Morgan fingerprint density at radius 2 is 1.76 bits per heavy atom. The molecular formula is C17H17Cl2NO. The molecule has 21 heavy (non-hydrogen) atoms. The number of methoxy groups -OCH3 is 1. The third-order valence-electron chi connectivity index (χ3n) is 3.70. The minimum absolute atomic E-state index is 0.609. The van der Waals surface area contributed by atoms with E-state index in [-0.39, 0.29) is 0 Å². The van der Waals surface area contributed by atoms with Crippen LogP contribution in [0.3, 0.4) is 0 Å². The number of rotatable bonds is 5. The maximum absolute atomic E-state index is 6.39. The molecule has 0 aromatic heterocycles. The molecule has 0 spiro atoms. The van der Waals surface area contributed by atoms with Crippen LogP contribution in [-0.4, -0.2) is 13.2 Å². The second kappa shape index (κ2) is 6.27. The van der Waals surface area contributed by atoms with E-state index in [0.29, 0.717) is 16.8 Å². The van der Waals surface area contributed by atoms with Crippen molar-refractivity contribution in [3.05, 3.63) is 52.0 Å². The van der Waals surface area contributed by atoms with Crippen LogP contribution in [0.5, 0.6) is 5.75 Å². The van der Waals surface area contributed by atoms with Gasteiger partial charge in [-0.1, -0.05) is 41.4 Å².